The van der Waals surface area contributed by atoms with Gasteiger partial charge in [-0.15, -0.1) is 11.3 Å². The van der Waals surface area contributed by atoms with E-state index in [2.05, 4.69) is 10.1 Å². The molecule has 0 aromatic carbocycles. The molecule has 1 fully saturated rings. The van der Waals surface area contributed by atoms with Crippen molar-refractivity contribution in [1.29, 1.82) is 0 Å². The van der Waals surface area contributed by atoms with Gasteiger partial charge in [0.2, 0.25) is 17.6 Å². The van der Waals surface area contributed by atoms with Crippen LogP contribution in [-0.2, 0) is 11.3 Å². The Bertz CT molecular complexity index is 588. The minimum atomic E-state index is 0.170. The molecule has 112 valence electrons. The van der Waals surface area contributed by atoms with Gasteiger partial charge in [0, 0.05) is 13.0 Å². The van der Waals surface area contributed by atoms with Gasteiger partial charge in [-0.05, 0) is 24.3 Å². The molecule has 0 spiro atoms. The highest BCUT2D eigenvalue weighted by molar-refractivity contribution is 7.13. The van der Waals surface area contributed by atoms with Gasteiger partial charge in [0.1, 0.15) is 0 Å². The van der Waals surface area contributed by atoms with E-state index >= 15 is 0 Å². The number of carbonyl (C=O) groups excluding carboxylic acids is 1. The zero-order valence-corrected chi connectivity index (χ0v) is 12.9. The Balaban J connectivity index is 1.62. The summed E-state index contributed by atoms with van der Waals surface area (Å²) in [4.78, 5) is 19.4. The maximum atomic E-state index is 12.4. The van der Waals surface area contributed by atoms with Crippen LogP contribution in [0.25, 0.3) is 10.7 Å². The molecule has 0 saturated heterocycles. The smallest absolute Gasteiger partial charge is 0.246 e. The molecule has 0 unspecified atom stereocenters. The molecule has 6 heteroatoms. The number of carbonyl (C=O) groups is 1. The van der Waals surface area contributed by atoms with E-state index in [1.165, 1.54) is 6.42 Å². The minimum Gasteiger partial charge on any atom is -0.337 e. The van der Waals surface area contributed by atoms with E-state index in [9.17, 15) is 4.79 Å². The second kappa shape index (κ2) is 6.39. The van der Waals surface area contributed by atoms with Crippen LogP contribution in [0.15, 0.2) is 22.0 Å². The van der Waals surface area contributed by atoms with Crippen LogP contribution < -0.4 is 0 Å². The molecule has 0 bridgehead atoms. The predicted octanol–water partition coefficient (Wildman–Crippen LogP) is 3.34. The molecule has 2 aromatic heterocycles. The lowest BCUT2D eigenvalue weighted by Crippen LogP contribution is -2.33. The third-order valence-corrected chi connectivity index (χ3v) is 4.78. The summed E-state index contributed by atoms with van der Waals surface area (Å²) in [5, 5.41) is 5.95. The van der Waals surface area contributed by atoms with Crippen LogP contribution in [0.3, 0.4) is 0 Å². The number of amides is 1. The summed E-state index contributed by atoms with van der Waals surface area (Å²) < 4.78 is 5.25. The van der Waals surface area contributed by atoms with E-state index in [0.717, 1.165) is 30.6 Å². The lowest BCUT2D eigenvalue weighted by Gasteiger charge is -2.25. The first-order valence-corrected chi connectivity index (χ1v) is 8.23. The molecule has 3 rings (SSSR count). The SMILES string of the molecule is CN(Cc1nc(-c2cccs2)no1)C(=O)C1CCCCC1. The maximum absolute atomic E-state index is 12.4. The summed E-state index contributed by atoms with van der Waals surface area (Å²) in [5.41, 5.74) is 0. The fourth-order valence-corrected chi connectivity index (χ4v) is 3.42. The van der Waals surface area contributed by atoms with E-state index < -0.39 is 0 Å². The molecule has 5 nitrogen and oxygen atoms in total. The van der Waals surface area contributed by atoms with E-state index in [1.54, 1.807) is 16.2 Å². The van der Waals surface area contributed by atoms with Gasteiger partial charge in [-0.3, -0.25) is 4.79 Å². The van der Waals surface area contributed by atoms with Crippen molar-refractivity contribution in [1.82, 2.24) is 15.0 Å². The topological polar surface area (TPSA) is 59.2 Å². The summed E-state index contributed by atoms with van der Waals surface area (Å²) in [6.07, 6.45) is 5.59. The highest BCUT2D eigenvalue weighted by Gasteiger charge is 2.25. The fraction of sp³-hybridized carbons (Fsp3) is 0.533. The molecule has 0 atom stereocenters. The number of aromatic nitrogens is 2. The van der Waals surface area contributed by atoms with Crippen LogP contribution in [-0.4, -0.2) is 28.0 Å². The number of thiophene rings is 1. The molecule has 0 radical (unpaired) electrons. The van der Waals surface area contributed by atoms with Crippen LogP contribution in [0.1, 0.15) is 38.0 Å². The molecular formula is C15H19N3O2S. The van der Waals surface area contributed by atoms with Gasteiger partial charge in [0.25, 0.3) is 0 Å². The highest BCUT2D eigenvalue weighted by Crippen LogP contribution is 2.26. The molecule has 0 aliphatic heterocycles. The van der Waals surface area contributed by atoms with Crippen LogP contribution in [0, 0.1) is 5.92 Å². The van der Waals surface area contributed by atoms with Gasteiger partial charge in [-0.25, -0.2) is 0 Å². The molecule has 1 aliphatic carbocycles. The molecule has 1 amide bonds. The fourth-order valence-electron chi connectivity index (χ4n) is 2.77. The van der Waals surface area contributed by atoms with Gasteiger partial charge in [0.15, 0.2) is 0 Å². The van der Waals surface area contributed by atoms with E-state index in [0.29, 0.717) is 18.3 Å². The maximum Gasteiger partial charge on any atom is 0.246 e. The molecular weight excluding hydrogens is 286 g/mol. The quantitative estimate of drug-likeness (QED) is 0.869. The second-order valence-corrected chi connectivity index (χ2v) is 6.47. The Labute approximate surface area is 128 Å². The molecule has 0 N–H and O–H groups in total. The third kappa shape index (κ3) is 3.32. The zero-order valence-electron chi connectivity index (χ0n) is 12.1. The van der Waals surface area contributed by atoms with Crippen molar-refractivity contribution in [3.05, 3.63) is 23.4 Å². The Morgan fingerprint density at radius 1 is 1.43 bits per heavy atom. The monoisotopic (exact) mass is 305 g/mol. The van der Waals surface area contributed by atoms with Gasteiger partial charge in [-0.1, -0.05) is 30.5 Å². The van der Waals surface area contributed by atoms with E-state index in [1.807, 2.05) is 24.6 Å². The van der Waals surface area contributed by atoms with Gasteiger partial charge >= 0.3 is 0 Å². The van der Waals surface area contributed by atoms with Gasteiger partial charge in [0.05, 0.1) is 11.4 Å². The average molecular weight is 305 g/mol. The van der Waals surface area contributed by atoms with Crippen molar-refractivity contribution >= 4 is 17.2 Å². The van der Waals surface area contributed by atoms with Crippen molar-refractivity contribution in [3.63, 3.8) is 0 Å². The summed E-state index contributed by atoms with van der Waals surface area (Å²) >= 11 is 1.57. The Morgan fingerprint density at radius 2 is 2.24 bits per heavy atom. The summed E-state index contributed by atoms with van der Waals surface area (Å²) in [6.45, 7) is 0.383. The van der Waals surface area contributed by atoms with Crippen molar-refractivity contribution < 1.29 is 9.32 Å². The summed E-state index contributed by atoms with van der Waals surface area (Å²) in [7, 11) is 1.81. The Morgan fingerprint density at radius 3 is 2.95 bits per heavy atom. The van der Waals surface area contributed by atoms with E-state index in [4.69, 9.17) is 4.52 Å². The van der Waals surface area contributed by atoms with Crippen LogP contribution in [0.2, 0.25) is 0 Å². The highest BCUT2D eigenvalue weighted by atomic mass is 32.1. The summed E-state index contributed by atoms with van der Waals surface area (Å²) in [5.74, 6) is 1.46. The number of nitrogens with zero attached hydrogens (tertiary/aromatic N) is 3. The minimum absolute atomic E-state index is 0.170. The number of rotatable bonds is 4. The normalized spacial score (nSPS) is 16.0. The Kier molecular flexibility index (Phi) is 4.34. The lowest BCUT2D eigenvalue weighted by atomic mass is 9.88. The standard InChI is InChI=1S/C15H19N3O2S/c1-18(15(19)11-6-3-2-4-7-11)10-13-16-14(17-20-13)12-8-5-9-21-12/h5,8-9,11H,2-4,6-7,10H2,1H3. The van der Waals surface area contributed by atoms with Crippen LogP contribution in [0.4, 0.5) is 0 Å². The summed E-state index contributed by atoms with van der Waals surface area (Å²) in [6, 6.07) is 3.91. The Hall–Kier alpha value is -1.69. The van der Waals surface area contributed by atoms with Crippen molar-refractivity contribution in [2.45, 2.75) is 38.6 Å². The third-order valence-electron chi connectivity index (χ3n) is 3.91. The number of hydrogen-bond acceptors (Lipinski definition) is 5. The molecule has 21 heavy (non-hydrogen) atoms. The zero-order chi connectivity index (χ0) is 14.7. The second-order valence-electron chi connectivity index (χ2n) is 5.52. The van der Waals surface area contributed by atoms with E-state index in [-0.39, 0.29) is 11.8 Å². The van der Waals surface area contributed by atoms with Crippen LogP contribution >= 0.6 is 11.3 Å². The van der Waals surface area contributed by atoms with Crippen LogP contribution in [0.5, 0.6) is 0 Å². The van der Waals surface area contributed by atoms with Crippen molar-refractivity contribution in [2.75, 3.05) is 7.05 Å². The number of hydrogen-bond donors (Lipinski definition) is 0. The predicted molar refractivity (Wildman–Crippen MR) is 80.7 cm³/mol. The van der Waals surface area contributed by atoms with Crippen molar-refractivity contribution in [2.24, 2.45) is 5.92 Å². The molecule has 2 aromatic rings. The first-order valence-electron chi connectivity index (χ1n) is 7.35. The van der Waals surface area contributed by atoms with Crippen molar-refractivity contribution in [3.8, 4) is 10.7 Å². The molecule has 2 heterocycles. The molecule has 1 aliphatic rings. The largest absolute Gasteiger partial charge is 0.337 e. The average Bonchev–Trinajstić information content (AvgIpc) is 3.18. The first kappa shape index (κ1) is 14.3. The van der Waals surface area contributed by atoms with Gasteiger partial charge < -0.3 is 9.42 Å². The molecule has 1 saturated carbocycles. The van der Waals surface area contributed by atoms with Gasteiger partial charge in [-0.2, -0.15) is 4.98 Å². The lowest BCUT2D eigenvalue weighted by molar-refractivity contribution is -0.136. The first-order chi connectivity index (χ1) is 10.2.